The van der Waals surface area contributed by atoms with Crippen molar-refractivity contribution < 1.29 is 28.7 Å². The van der Waals surface area contributed by atoms with Crippen LogP contribution in [0.3, 0.4) is 0 Å². The van der Waals surface area contributed by atoms with Crippen molar-refractivity contribution in [3.63, 3.8) is 0 Å². The van der Waals surface area contributed by atoms with Crippen molar-refractivity contribution in [2.24, 2.45) is 0 Å². The number of amides is 4. The zero-order chi connectivity index (χ0) is 21.9. The van der Waals surface area contributed by atoms with Crippen molar-refractivity contribution in [3.05, 3.63) is 29.8 Å². The fourth-order valence-corrected chi connectivity index (χ4v) is 2.02. The van der Waals surface area contributed by atoms with E-state index >= 15 is 0 Å². The molecule has 0 fully saturated rings. The van der Waals surface area contributed by atoms with E-state index < -0.39 is 42.5 Å². The van der Waals surface area contributed by atoms with Gasteiger partial charge in [0.2, 0.25) is 0 Å². The molecule has 1 rings (SSSR count). The molecule has 0 heterocycles. The van der Waals surface area contributed by atoms with E-state index in [1.165, 1.54) is 0 Å². The minimum atomic E-state index is -0.802. The number of hydrogen-bond acceptors (Lipinski definition) is 6. The lowest BCUT2D eigenvalue weighted by Gasteiger charge is -2.20. The van der Waals surface area contributed by atoms with Crippen LogP contribution in [-0.4, -0.2) is 49.1 Å². The Morgan fingerprint density at radius 1 is 1.03 bits per heavy atom. The van der Waals surface area contributed by atoms with Crippen LogP contribution in [0.25, 0.3) is 0 Å². The van der Waals surface area contributed by atoms with Crippen LogP contribution in [0, 0.1) is 0 Å². The Balaban J connectivity index is 2.32. The van der Waals surface area contributed by atoms with E-state index in [-0.39, 0.29) is 0 Å². The third-order valence-electron chi connectivity index (χ3n) is 3.38. The quantitative estimate of drug-likeness (QED) is 0.423. The summed E-state index contributed by atoms with van der Waals surface area (Å²) in [5.41, 5.74) is -0.150. The standard InChI is InChI=1S/C20H29N3O6/c1-5-6-11-28-15-9-7-14(8-10-15)18(26)21-12-17(25)29-13-16(24)22-19(27)23-20(2,3)4/h7-10H,5-6,11-13H2,1-4H3,(H,21,26)(H2,22,23,24,27). The van der Waals surface area contributed by atoms with Crippen LogP contribution in [0.5, 0.6) is 5.75 Å². The van der Waals surface area contributed by atoms with Crippen LogP contribution in [0.2, 0.25) is 0 Å². The zero-order valence-corrected chi connectivity index (χ0v) is 17.3. The van der Waals surface area contributed by atoms with Gasteiger partial charge in [0.15, 0.2) is 6.61 Å². The first-order chi connectivity index (χ1) is 13.6. The summed E-state index contributed by atoms with van der Waals surface area (Å²) in [5.74, 6) is -1.37. The summed E-state index contributed by atoms with van der Waals surface area (Å²) in [7, 11) is 0. The topological polar surface area (TPSA) is 123 Å². The molecule has 0 saturated heterocycles. The predicted octanol–water partition coefficient (Wildman–Crippen LogP) is 1.76. The number of nitrogens with one attached hydrogen (secondary N) is 3. The van der Waals surface area contributed by atoms with Gasteiger partial charge in [-0.05, 0) is 51.5 Å². The summed E-state index contributed by atoms with van der Waals surface area (Å²) in [6.07, 6.45) is 1.98. The van der Waals surface area contributed by atoms with Crippen LogP contribution < -0.4 is 20.7 Å². The average molecular weight is 407 g/mol. The van der Waals surface area contributed by atoms with Crippen LogP contribution >= 0.6 is 0 Å². The van der Waals surface area contributed by atoms with Crippen molar-refractivity contribution in [2.75, 3.05) is 19.8 Å². The lowest BCUT2D eigenvalue weighted by Crippen LogP contribution is -2.49. The smallest absolute Gasteiger partial charge is 0.325 e. The monoisotopic (exact) mass is 407 g/mol. The van der Waals surface area contributed by atoms with E-state index in [9.17, 15) is 19.2 Å². The van der Waals surface area contributed by atoms with Crippen molar-refractivity contribution >= 4 is 23.8 Å². The van der Waals surface area contributed by atoms with E-state index in [1.807, 2.05) is 5.32 Å². The zero-order valence-electron chi connectivity index (χ0n) is 17.3. The molecule has 160 valence electrons. The van der Waals surface area contributed by atoms with Gasteiger partial charge in [-0.3, -0.25) is 19.7 Å². The molecular formula is C20H29N3O6. The number of carbonyl (C=O) groups excluding carboxylic acids is 4. The van der Waals surface area contributed by atoms with E-state index in [4.69, 9.17) is 9.47 Å². The first-order valence-electron chi connectivity index (χ1n) is 9.39. The molecule has 0 aliphatic carbocycles. The van der Waals surface area contributed by atoms with Crippen molar-refractivity contribution in [2.45, 2.75) is 46.1 Å². The molecule has 3 N–H and O–H groups in total. The van der Waals surface area contributed by atoms with E-state index in [2.05, 4.69) is 17.6 Å². The Morgan fingerprint density at radius 2 is 1.69 bits per heavy atom. The highest BCUT2D eigenvalue weighted by Crippen LogP contribution is 2.12. The Morgan fingerprint density at radius 3 is 2.28 bits per heavy atom. The highest BCUT2D eigenvalue weighted by atomic mass is 16.5. The maximum Gasteiger partial charge on any atom is 0.325 e. The molecule has 0 spiro atoms. The summed E-state index contributed by atoms with van der Waals surface area (Å²) in [6.45, 7) is 6.91. The first kappa shape index (κ1) is 23.9. The number of imide groups is 1. The lowest BCUT2D eigenvalue weighted by molar-refractivity contribution is -0.147. The second-order valence-electron chi connectivity index (χ2n) is 7.32. The Labute approximate surface area is 170 Å². The first-order valence-corrected chi connectivity index (χ1v) is 9.39. The van der Waals surface area contributed by atoms with Gasteiger partial charge in [-0.2, -0.15) is 0 Å². The van der Waals surface area contributed by atoms with Crippen LogP contribution in [0.1, 0.15) is 50.9 Å². The molecule has 0 aromatic heterocycles. The molecule has 1 aromatic carbocycles. The normalized spacial score (nSPS) is 10.6. The van der Waals surface area contributed by atoms with Crippen molar-refractivity contribution in [1.82, 2.24) is 16.0 Å². The number of ether oxygens (including phenoxy) is 2. The Kier molecular flexibility index (Phi) is 9.64. The molecule has 9 heteroatoms. The summed E-state index contributed by atoms with van der Waals surface area (Å²) in [6, 6.07) is 5.84. The summed E-state index contributed by atoms with van der Waals surface area (Å²) >= 11 is 0. The van der Waals surface area contributed by atoms with Gasteiger partial charge in [0.25, 0.3) is 11.8 Å². The fraction of sp³-hybridized carbons (Fsp3) is 0.500. The Bertz CT molecular complexity index is 710. The SMILES string of the molecule is CCCCOc1ccc(C(=O)NCC(=O)OCC(=O)NC(=O)NC(C)(C)C)cc1. The predicted molar refractivity (Wildman–Crippen MR) is 107 cm³/mol. The molecule has 4 amide bonds. The number of benzene rings is 1. The molecule has 0 atom stereocenters. The third kappa shape index (κ3) is 10.7. The number of esters is 1. The molecule has 29 heavy (non-hydrogen) atoms. The number of hydrogen-bond donors (Lipinski definition) is 3. The third-order valence-corrected chi connectivity index (χ3v) is 3.38. The molecule has 9 nitrogen and oxygen atoms in total. The highest BCUT2D eigenvalue weighted by molar-refractivity contribution is 5.97. The molecule has 0 bridgehead atoms. The van der Waals surface area contributed by atoms with Crippen molar-refractivity contribution in [3.8, 4) is 5.75 Å². The largest absolute Gasteiger partial charge is 0.494 e. The summed E-state index contributed by atoms with van der Waals surface area (Å²) in [5, 5.41) is 6.98. The maximum absolute atomic E-state index is 12.0. The van der Waals surface area contributed by atoms with Gasteiger partial charge in [0, 0.05) is 11.1 Å². The van der Waals surface area contributed by atoms with E-state index in [0.29, 0.717) is 17.9 Å². The second kappa shape index (κ2) is 11.7. The highest BCUT2D eigenvalue weighted by Gasteiger charge is 2.17. The minimum absolute atomic E-state index is 0.359. The van der Waals surface area contributed by atoms with Gasteiger partial charge in [-0.25, -0.2) is 4.79 Å². The van der Waals surface area contributed by atoms with Gasteiger partial charge in [-0.1, -0.05) is 13.3 Å². The minimum Gasteiger partial charge on any atom is -0.494 e. The number of unbranched alkanes of at least 4 members (excludes halogenated alkanes) is 1. The summed E-state index contributed by atoms with van der Waals surface area (Å²) < 4.78 is 10.2. The molecule has 0 aliphatic rings. The van der Waals surface area contributed by atoms with Crippen molar-refractivity contribution in [1.29, 1.82) is 0 Å². The van der Waals surface area contributed by atoms with Crippen LogP contribution in [0.4, 0.5) is 4.79 Å². The maximum atomic E-state index is 12.0. The molecule has 0 unspecified atom stereocenters. The molecule has 0 radical (unpaired) electrons. The average Bonchev–Trinajstić information content (AvgIpc) is 2.63. The summed E-state index contributed by atoms with van der Waals surface area (Å²) in [4.78, 5) is 46.8. The second-order valence-corrected chi connectivity index (χ2v) is 7.32. The van der Waals surface area contributed by atoms with Gasteiger partial charge in [0.05, 0.1) is 6.61 Å². The van der Waals surface area contributed by atoms with Gasteiger partial charge in [0.1, 0.15) is 12.3 Å². The van der Waals surface area contributed by atoms with E-state index in [0.717, 1.165) is 12.8 Å². The number of urea groups is 1. The van der Waals surface area contributed by atoms with Crippen LogP contribution in [0.15, 0.2) is 24.3 Å². The molecule has 1 aromatic rings. The van der Waals surface area contributed by atoms with Gasteiger partial charge >= 0.3 is 12.0 Å². The number of carbonyl (C=O) groups is 4. The lowest BCUT2D eigenvalue weighted by atomic mass is 10.1. The fourth-order valence-electron chi connectivity index (χ4n) is 2.02. The van der Waals surface area contributed by atoms with Gasteiger partial charge < -0.3 is 20.1 Å². The molecule has 0 aliphatic heterocycles. The Hall–Kier alpha value is -3.10. The molecule has 0 saturated carbocycles. The molecular weight excluding hydrogens is 378 g/mol. The van der Waals surface area contributed by atoms with Crippen LogP contribution in [-0.2, 0) is 14.3 Å². The van der Waals surface area contributed by atoms with Gasteiger partial charge in [-0.15, -0.1) is 0 Å². The number of rotatable bonds is 9. The van der Waals surface area contributed by atoms with E-state index in [1.54, 1.807) is 45.0 Å².